The van der Waals surface area contributed by atoms with Gasteiger partial charge in [0.15, 0.2) is 0 Å². The number of hydrogen-bond donors (Lipinski definition) is 2. The highest BCUT2D eigenvalue weighted by atomic mass is 79.9. The maximum absolute atomic E-state index is 12.6. The first-order valence-corrected chi connectivity index (χ1v) is 11.2. The predicted octanol–water partition coefficient (Wildman–Crippen LogP) is 5.32. The standard InChI is InChI=1S/C15H14BrF2NO2S.CH5O3P/c1-10(3-4-11(2)19(20)21)8-22-9-12-5-6-13(15(17)18)14(16)7-12;1-5(2,3)4/h3-7,15H,1-2,8-9H2;1H3,(H2,2,3,4)/b4-3-;. The lowest BCUT2D eigenvalue weighted by Gasteiger charge is -2.07. The molecule has 27 heavy (non-hydrogen) atoms. The Morgan fingerprint density at radius 3 is 2.41 bits per heavy atom. The van der Waals surface area contributed by atoms with Crippen molar-refractivity contribution in [1.29, 1.82) is 0 Å². The van der Waals surface area contributed by atoms with E-state index in [4.69, 9.17) is 9.79 Å². The van der Waals surface area contributed by atoms with Gasteiger partial charge in [0, 0.05) is 34.3 Å². The molecule has 150 valence electrons. The molecule has 0 aliphatic rings. The van der Waals surface area contributed by atoms with Crippen LogP contribution < -0.4 is 0 Å². The number of nitro groups is 1. The maximum Gasteiger partial charge on any atom is 0.322 e. The molecule has 0 amide bonds. The zero-order chi connectivity index (χ0) is 21.2. The summed E-state index contributed by atoms with van der Waals surface area (Å²) in [5.41, 5.74) is 1.40. The molecule has 0 atom stereocenters. The zero-order valence-corrected chi connectivity index (χ0v) is 17.6. The summed E-state index contributed by atoms with van der Waals surface area (Å²) in [6, 6.07) is 4.73. The van der Waals surface area contributed by atoms with E-state index in [9.17, 15) is 23.5 Å². The highest BCUT2D eigenvalue weighted by Crippen LogP contribution is 2.29. The maximum atomic E-state index is 12.6. The third-order valence-electron chi connectivity index (χ3n) is 2.60. The second-order valence-electron chi connectivity index (χ2n) is 5.22. The molecule has 0 unspecified atom stereocenters. The van der Waals surface area contributed by atoms with Crippen LogP contribution in [0, 0.1) is 10.1 Å². The summed E-state index contributed by atoms with van der Waals surface area (Å²) in [7, 11) is -3.64. The minimum Gasteiger partial charge on any atom is -0.325 e. The summed E-state index contributed by atoms with van der Waals surface area (Å²) in [4.78, 5) is 25.1. The van der Waals surface area contributed by atoms with Crippen molar-refractivity contribution < 1.29 is 28.1 Å². The Labute approximate surface area is 168 Å². The molecule has 0 bridgehead atoms. The van der Waals surface area contributed by atoms with E-state index in [1.54, 1.807) is 18.2 Å². The van der Waals surface area contributed by atoms with Crippen LogP contribution in [0.5, 0.6) is 0 Å². The molecule has 0 saturated carbocycles. The van der Waals surface area contributed by atoms with Gasteiger partial charge in [-0.25, -0.2) is 8.78 Å². The van der Waals surface area contributed by atoms with Crippen molar-refractivity contribution in [3.8, 4) is 0 Å². The first-order chi connectivity index (χ1) is 12.3. The second kappa shape index (κ2) is 12.2. The molecule has 0 fully saturated rings. The van der Waals surface area contributed by atoms with E-state index in [2.05, 4.69) is 29.1 Å². The van der Waals surface area contributed by atoms with Crippen molar-refractivity contribution in [2.75, 3.05) is 12.4 Å². The van der Waals surface area contributed by atoms with Crippen molar-refractivity contribution in [1.82, 2.24) is 0 Å². The average Bonchev–Trinajstić information content (AvgIpc) is 2.50. The van der Waals surface area contributed by atoms with Crippen molar-refractivity contribution >= 4 is 35.3 Å². The summed E-state index contributed by atoms with van der Waals surface area (Å²) in [5, 5.41) is 10.4. The van der Waals surface area contributed by atoms with Gasteiger partial charge in [-0.1, -0.05) is 40.7 Å². The number of allylic oxidation sites excluding steroid dienone is 2. The fourth-order valence-corrected chi connectivity index (χ4v) is 2.94. The van der Waals surface area contributed by atoms with Crippen LogP contribution in [-0.4, -0.2) is 27.1 Å². The van der Waals surface area contributed by atoms with Crippen LogP contribution in [-0.2, 0) is 10.3 Å². The molecule has 0 saturated heterocycles. The molecule has 1 rings (SSSR count). The quantitative estimate of drug-likeness (QED) is 0.223. The SMILES string of the molecule is C=C(/C=C\C(=C)[N+](=O)[O-])CSCc1ccc(C(F)F)c(Br)c1.CP(=O)(O)O. The van der Waals surface area contributed by atoms with Crippen LogP contribution in [0.4, 0.5) is 8.78 Å². The van der Waals surface area contributed by atoms with Crippen LogP contribution in [0.25, 0.3) is 0 Å². The number of thioether (sulfide) groups is 1. The van der Waals surface area contributed by atoms with E-state index >= 15 is 0 Å². The summed E-state index contributed by atoms with van der Waals surface area (Å²) >= 11 is 4.67. The van der Waals surface area contributed by atoms with Crippen molar-refractivity contribution in [2.45, 2.75) is 12.2 Å². The van der Waals surface area contributed by atoms with Crippen molar-refractivity contribution in [2.24, 2.45) is 0 Å². The first-order valence-electron chi connectivity index (χ1n) is 7.17. The van der Waals surface area contributed by atoms with Gasteiger partial charge in [0.2, 0.25) is 0 Å². The Hall–Kier alpha value is -1.32. The summed E-state index contributed by atoms with van der Waals surface area (Å²) in [6.45, 7) is 7.93. The number of rotatable bonds is 8. The van der Waals surface area contributed by atoms with Crippen molar-refractivity contribution in [3.05, 3.63) is 80.5 Å². The lowest BCUT2D eigenvalue weighted by Crippen LogP contribution is -1.93. The van der Waals surface area contributed by atoms with Gasteiger partial charge in [-0.3, -0.25) is 14.7 Å². The topological polar surface area (TPSA) is 101 Å². The molecule has 1 aromatic carbocycles. The van der Waals surface area contributed by atoms with Gasteiger partial charge in [0.1, 0.15) is 0 Å². The van der Waals surface area contributed by atoms with Crippen LogP contribution in [0.3, 0.4) is 0 Å². The Balaban J connectivity index is 0.00000119. The van der Waals surface area contributed by atoms with E-state index in [1.807, 2.05) is 0 Å². The third-order valence-corrected chi connectivity index (χ3v) is 4.40. The molecule has 11 heteroatoms. The Morgan fingerprint density at radius 2 is 1.96 bits per heavy atom. The Bertz CT molecular complexity index is 759. The van der Waals surface area contributed by atoms with Gasteiger partial charge in [-0.2, -0.15) is 11.8 Å². The molecule has 0 aliphatic carbocycles. The lowest BCUT2D eigenvalue weighted by molar-refractivity contribution is -0.418. The number of hydrogen-bond acceptors (Lipinski definition) is 4. The van der Waals surface area contributed by atoms with E-state index in [0.717, 1.165) is 17.8 Å². The van der Waals surface area contributed by atoms with Gasteiger partial charge >= 0.3 is 7.60 Å². The lowest BCUT2D eigenvalue weighted by atomic mass is 10.2. The number of alkyl halides is 2. The number of benzene rings is 1. The fourth-order valence-electron chi connectivity index (χ4n) is 1.46. The second-order valence-corrected chi connectivity index (χ2v) is 8.74. The summed E-state index contributed by atoms with van der Waals surface area (Å²) in [6.07, 6.45) is 0.348. The highest BCUT2D eigenvalue weighted by molar-refractivity contribution is 9.10. The van der Waals surface area contributed by atoms with Gasteiger partial charge in [-0.15, -0.1) is 0 Å². The van der Waals surface area contributed by atoms with Crippen LogP contribution >= 0.6 is 35.3 Å². The van der Waals surface area contributed by atoms with Gasteiger partial charge in [0.25, 0.3) is 12.1 Å². The molecular formula is C16H19BrF2NO5PS. The first kappa shape index (κ1) is 25.7. The van der Waals surface area contributed by atoms with Crippen LogP contribution in [0.2, 0.25) is 0 Å². The molecule has 0 spiro atoms. The normalized spacial score (nSPS) is 11.2. The smallest absolute Gasteiger partial charge is 0.322 e. The average molecular weight is 486 g/mol. The zero-order valence-electron chi connectivity index (χ0n) is 14.3. The van der Waals surface area contributed by atoms with Gasteiger partial charge < -0.3 is 9.79 Å². The van der Waals surface area contributed by atoms with E-state index in [-0.39, 0.29) is 11.3 Å². The molecule has 0 aliphatic heterocycles. The molecule has 2 N–H and O–H groups in total. The van der Waals surface area contributed by atoms with E-state index in [0.29, 0.717) is 16.0 Å². The monoisotopic (exact) mass is 485 g/mol. The van der Waals surface area contributed by atoms with Gasteiger partial charge in [0.05, 0.1) is 4.92 Å². The van der Waals surface area contributed by atoms with Crippen molar-refractivity contribution in [3.63, 3.8) is 0 Å². The van der Waals surface area contributed by atoms with Gasteiger partial charge in [-0.05, 0) is 23.8 Å². The molecule has 0 heterocycles. The molecule has 6 nitrogen and oxygen atoms in total. The fraction of sp³-hybridized carbons (Fsp3) is 0.250. The molecule has 1 aromatic rings. The van der Waals surface area contributed by atoms with E-state index < -0.39 is 18.9 Å². The van der Waals surface area contributed by atoms with E-state index in [1.165, 1.54) is 23.9 Å². The number of nitrogens with zero attached hydrogens (tertiary/aromatic N) is 1. The minimum atomic E-state index is -3.64. The molecule has 0 aromatic heterocycles. The molecular weight excluding hydrogens is 467 g/mol. The molecule has 0 radical (unpaired) electrons. The van der Waals surface area contributed by atoms with Crippen LogP contribution in [0.1, 0.15) is 17.6 Å². The highest BCUT2D eigenvalue weighted by Gasteiger charge is 2.11. The summed E-state index contributed by atoms with van der Waals surface area (Å²) < 4.78 is 34.9. The Kier molecular flexibility index (Phi) is 11.6. The minimum absolute atomic E-state index is 0.0283. The predicted molar refractivity (Wildman–Crippen MR) is 108 cm³/mol. The van der Waals surface area contributed by atoms with Crippen LogP contribution in [0.15, 0.2) is 59.3 Å². The summed E-state index contributed by atoms with van der Waals surface area (Å²) in [5.74, 6) is 1.21. The number of halogens is 3. The largest absolute Gasteiger partial charge is 0.325 e. The Morgan fingerprint density at radius 1 is 1.41 bits per heavy atom. The third kappa shape index (κ3) is 13.5.